The van der Waals surface area contributed by atoms with Crippen LogP contribution in [0.5, 0.6) is 0 Å². The third-order valence-electron chi connectivity index (χ3n) is 4.05. The summed E-state index contributed by atoms with van der Waals surface area (Å²) in [6.45, 7) is 3.69. The Hall–Kier alpha value is -2.29. The molecule has 1 fully saturated rings. The topological polar surface area (TPSA) is 84.7 Å². The van der Waals surface area contributed by atoms with Crippen molar-refractivity contribution in [2.45, 2.75) is 6.04 Å². The number of carbonyl (C=O) groups excluding carboxylic acids is 1. The molecule has 0 spiro atoms. The summed E-state index contributed by atoms with van der Waals surface area (Å²) in [5.74, 6) is -0.291. The molecule has 1 aromatic carbocycles. The van der Waals surface area contributed by atoms with Gasteiger partial charge in [-0.05, 0) is 11.6 Å². The quantitative estimate of drug-likeness (QED) is 0.631. The van der Waals surface area contributed by atoms with E-state index in [4.69, 9.17) is 4.74 Å². The molecule has 1 aliphatic heterocycles. The van der Waals surface area contributed by atoms with Gasteiger partial charge < -0.3 is 10.1 Å². The minimum atomic E-state index is -0.482. The number of nitro groups is 1. The van der Waals surface area contributed by atoms with Gasteiger partial charge in [0, 0.05) is 25.7 Å². The normalized spacial score (nSPS) is 16.3. The number of hydrogen-bond acceptors (Lipinski definition) is 6. The fourth-order valence-electron chi connectivity index (χ4n) is 2.74. The predicted molar refractivity (Wildman–Crippen MR) is 94.9 cm³/mol. The standard InChI is InChI=1S/C17H19N3O4S/c21-17(15-6-7-16(25-15)20(22)23)18-14(13-4-2-1-3-5-13)12-19-8-10-24-11-9-19/h1-7,14H,8-12H2,(H,18,21). The third kappa shape index (κ3) is 4.62. The summed E-state index contributed by atoms with van der Waals surface area (Å²) < 4.78 is 5.37. The lowest BCUT2D eigenvalue weighted by Gasteiger charge is -2.31. The molecule has 1 aliphatic rings. The highest BCUT2D eigenvalue weighted by Gasteiger charge is 2.22. The molecule has 0 radical (unpaired) electrons. The largest absolute Gasteiger partial charge is 0.379 e. The Kier molecular flexibility index (Phi) is 5.75. The van der Waals surface area contributed by atoms with Crippen molar-refractivity contribution >= 4 is 22.2 Å². The van der Waals surface area contributed by atoms with Gasteiger partial charge in [-0.3, -0.25) is 19.8 Å². The van der Waals surface area contributed by atoms with Crippen LogP contribution in [0.3, 0.4) is 0 Å². The van der Waals surface area contributed by atoms with Gasteiger partial charge in [-0.1, -0.05) is 41.7 Å². The average molecular weight is 361 g/mol. The van der Waals surface area contributed by atoms with Gasteiger partial charge in [0.25, 0.3) is 5.91 Å². The first kappa shape index (κ1) is 17.5. The maximum absolute atomic E-state index is 12.5. The van der Waals surface area contributed by atoms with Gasteiger partial charge in [0.15, 0.2) is 0 Å². The van der Waals surface area contributed by atoms with Gasteiger partial charge >= 0.3 is 5.00 Å². The molecule has 2 heterocycles. The van der Waals surface area contributed by atoms with Crippen LogP contribution in [0.25, 0.3) is 0 Å². The van der Waals surface area contributed by atoms with Crippen LogP contribution in [-0.4, -0.2) is 48.6 Å². The third-order valence-corrected chi connectivity index (χ3v) is 5.08. The highest BCUT2D eigenvalue weighted by molar-refractivity contribution is 7.17. The molecule has 8 heteroatoms. The van der Waals surface area contributed by atoms with Gasteiger partial charge in [0.2, 0.25) is 0 Å². The molecule has 1 atom stereocenters. The molecule has 3 rings (SSSR count). The maximum atomic E-state index is 12.5. The summed E-state index contributed by atoms with van der Waals surface area (Å²) in [5, 5.41) is 13.8. The molecule has 7 nitrogen and oxygen atoms in total. The molecule has 1 N–H and O–H groups in total. The van der Waals surface area contributed by atoms with Gasteiger partial charge in [0.05, 0.1) is 29.1 Å². The van der Waals surface area contributed by atoms with Crippen LogP contribution in [-0.2, 0) is 4.74 Å². The van der Waals surface area contributed by atoms with Crippen molar-refractivity contribution in [3.63, 3.8) is 0 Å². The van der Waals surface area contributed by atoms with E-state index in [0.717, 1.165) is 30.0 Å². The molecule has 0 bridgehead atoms. The zero-order valence-corrected chi connectivity index (χ0v) is 14.4. The minimum absolute atomic E-state index is 0.0328. The van der Waals surface area contributed by atoms with E-state index in [0.29, 0.717) is 24.6 Å². The average Bonchev–Trinajstić information content (AvgIpc) is 3.13. The second-order valence-corrected chi connectivity index (χ2v) is 6.81. The molecule has 0 aliphatic carbocycles. The van der Waals surface area contributed by atoms with Gasteiger partial charge in [-0.25, -0.2) is 0 Å². The molecule has 2 aromatic rings. The molecule has 1 amide bonds. The van der Waals surface area contributed by atoms with Crippen molar-refractivity contribution in [3.05, 3.63) is 63.0 Å². The highest BCUT2D eigenvalue weighted by Crippen LogP contribution is 2.25. The Balaban J connectivity index is 1.73. The second-order valence-electron chi connectivity index (χ2n) is 5.74. The number of nitrogens with zero attached hydrogens (tertiary/aromatic N) is 2. The summed E-state index contributed by atoms with van der Waals surface area (Å²) in [5.41, 5.74) is 1.01. The Bertz CT molecular complexity index is 729. The molecule has 1 aromatic heterocycles. The lowest BCUT2D eigenvalue weighted by Crippen LogP contribution is -2.43. The van der Waals surface area contributed by atoms with Crippen molar-refractivity contribution in [1.29, 1.82) is 0 Å². The van der Waals surface area contributed by atoms with Crippen molar-refractivity contribution in [3.8, 4) is 0 Å². The smallest absolute Gasteiger partial charge is 0.324 e. The van der Waals surface area contributed by atoms with Crippen molar-refractivity contribution in [2.24, 2.45) is 0 Å². The van der Waals surface area contributed by atoms with E-state index >= 15 is 0 Å². The molecular weight excluding hydrogens is 342 g/mol. The predicted octanol–water partition coefficient (Wildman–Crippen LogP) is 2.46. The van der Waals surface area contributed by atoms with Crippen molar-refractivity contribution in [1.82, 2.24) is 10.2 Å². The van der Waals surface area contributed by atoms with Crippen molar-refractivity contribution in [2.75, 3.05) is 32.8 Å². The number of rotatable bonds is 6. The molecule has 1 saturated heterocycles. The van der Waals surface area contributed by atoms with Crippen molar-refractivity contribution < 1.29 is 14.5 Å². The molecular formula is C17H19N3O4S. The van der Waals surface area contributed by atoms with Gasteiger partial charge in [0.1, 0.15) is 0 Å². The van der Waals surface area contributed by atoms with Crippen LogP contribution < -0.4 is 5.32 Å². The van der Waals surface area contributed by atoms with E-state index < -0.39 is 4.92 Å². The zero-order valence-electron chi connectivity index (χ0n) is 13.6. The van der Waals surface area contributed by atoms with Crippen LogP contribution in [0.15, 0.2) is 42.5 Å². The Morgan fingerprint density at radius 1 is 1.24 bits per heavy atom. The number of carbonyl (C=O) groups is 1. The summed E-state index contributed by atoms with van der Waals surface area (Å²) in [6.07, 6.45) is 0. The summed E-state index contributed by atoms with van der Waals surface area (Å²) in [6, 6.07) is 12.4. The summed E-state index contributed by atoms with van der Waals surface area (Å²) in [7, 11) is 0. The van der Waals surface area contributed by atoms with E-state index in [-0.39, 0.29) is 17.0 Å². The fourth-order valence-corrected chi connectivity index (χ4v) is 3.46. The monoisotopic (exact) mass is 361 g/mol. The number of benzene rings is 1. The zero-order chi connectivity index (χ0) is 17.6. The molecule has 1 unspecified atom stereocenters. The van der Waals surface area contributed by atoms with Crippen LogP contribution in [0.1, 0.15) is 21.3 Å². The van der Waals surface area contributed by atoms with Crippen LogP contribution >= 0.6 is 11.3 Å². The first-order valence-electron chi connectivity index (χ1n) is 8.03. The number of ether oxygens (including phenoxy) is 1. The van der Waals surface area contributed by atoms with Gasteiger partial charge in [-0.2, -0.15) is 0 Å². The maximum Gasteiger partial charge on any atom is 0.324 e. The molecule has 0 saturated carbocycles. The Labute approximate surface area is 149 Å². The van der Waals surface area contributed by atoms with Crippen LogP contribution in [0, 0.1) is 10.1 Å². The van der Waals surface area contributed by atoms with Gasteiger partial charge in [-0.15, -0.1) is 0 Å². The van der Waals surface area contributed by atoms with E-state index in [1.165, 1.54) is 12.1 Å². The highest BCUT2D eigenvalue weighted by atomic mass is 32.1. The minimum Gasteiger partial charge on any atom is -0.379 e. The first-order chi connectivity index (χ1) is 12.1. The van der Waals surface area contributed by atoms with Crippen LogP contribution in [0.2, 0.25) is 0 Å². The lowest BCUT2D eigenvalue weighted by atomic mass is 10.1. The number of nitrogens with one attached hydrogen (secondary N) is 1. The van der Waals surface area contributed by atoms with Crippen LogP contribution in [0.4, 0.5) is 5.00 Å². The van der Waals surface area contributed by atoms with E-state index in [1.54, 1.807) is 0 Å². The summed E-state index contributed by atoms with van der Waals surface area (Å²) >= 11 is 0.888. The SMILES string of the molecule is O=C(NC(CN1CCOCC1)c1ccccc1)c1ccc([N+](=O)[O-])s1. The van der Waals surface area contributed by atoms with E-state index in [9.17, 15) is 14.9 Å². The number of hydrogen-bond donors (Lipinski definition) is 1. The number of amides is 1. The second kappa shape index (κ2) is 8.19. The number of thiophene rings is 1. The first-order valence-corrected chi connectivity index (χ1v) is 8.85. The molecule has 132 valence electrons. The molecule has 25 heavy (non-hydrogen) atoms. The lowest BCUT2D eigenvalue weighted by molar-refractivity contribution is -0.380. The van der Waals surface area contributed by atoms with E-state index in [2.05, 4.69) is 10.2 Å². The Morgan fingerprint density at radius 2 is 1.96 bits per heavy atom. The Morgan fingerprint density at radius 3 is 2.60 bits per heavy atom. The summed E-state index contributed by atoms with van der Waals surface area (Å²) in [4.78, 5) is 25.5. The number of morpholine rings is 1. The van der Waals surface area contributed by atoms with E-state index in [1.807, 2.05) is 30.3 Å². The fraction of sp³-hybridized carbons (Fsp3) is 0.353.